The number of ether oxygens (including phenoxy) is 1. The summed E-state index contributed by atoms with van der Waals surface area (Å²) in [6.45, 7) is 2.49. The van der Waals surface area contributed by atoms with E-state index in [9.17, 15) is 10.1 Å². The molecule has 2 atom stereocenters. The van der Waals surface area contributed by atoms with Gasteiger partial charge in [-0.3, -0.25) is 10.1 Å². The predicted molar refractivity (Wildman–Crippen MR) is 72.0 cm³/mol. The van der Waals surface area contributed by atoms with Crippen molar-refractivity contribution in [1.29, 1.82) is 0 Å². The number of aliphatic hydroxyl groups excluding tert-OH is 1. The Balaban J connectivity index is 2.72. The monoisotopic (exact) mass is 268 g/mol. The molecule has 6 nitrogen and oxygen atoms in total. The second kappa shape index (κ2) is 7.83. The van der Waals surface area contributed by atoms with Crippen molar-refractivity contribution in [3.05, 3.63) is 39.9 Å². The Morgan fingerprint density at radius 2 is 2.26 bits per heavy atom. The number of nitrogens with zero attached hydrogens (tertiary/aromatic N) is 1. The maximum absolute atomic E-state index is 10.7. The van der Waals surface area contributed by atoms with Crippen LogP contribution in [-0.2, 0) is 4.74 Å². The Morgan fingerprint density at radius 3 is 2.84 bits per heavy atom. The fourth-order valence-electron chi connectivity index (χ4n) is 1.93. The number of aliphatic hydroxyl groups is 1. The summed E-state index contributed by atoms with van der Waals surface area (Å²) in [6.07, 6.45) is 0.576. The maximum Gasteiger partial charge on any atom is 0.269 e. The quantitative estimate of drug-likeness (QED) is 0.553. The van der Waals surface area contributed by atoms with Gasteiger partial charge >= 0.3 is 0 Å². The van der Waals surface area contributed by atoms with E-state index < -0.39 is 4.92 Å². The van der Waals surface area contributed by atoms with Crippen molar-refractivity contribution < 1.29 is 14.8 Å². The second-order valence-corrected chi connectivity index (χ2v) is 4.40. The molecule has 0 aliphatic rings. The first-order valence-corrected chi connectivity index (χ1v) is 6.18. The minimum atomic E-state index is -0.406. The van der Waals surface area contributed by atoms with Crippen LogP contribution in [0.15, 0.2) is 24.3 Å². The summed E-state index contributed by atoms with van der Waals surface area (Å²) in [5.74, 6) is 0. The van der Waals surface area contributed by atoms with Gasteiger partial charge in [-0.2, -0.15) is 0 Å². The Bertz CT molecular complexity index is 405. The molecule has 0 amide bonds. The highest BCUT2D eigenvalue weighted by atomic mass is 16.6. The Morgan fingerprint density at radius 1 is 1.53 bits per heavy atom. The van der Waals surface area contributed by atoms with Gasteiger partial charge in [-0.15, -0.1) is 0 Å². The summed E-state index contributed by atoms with van der Waals surface area (Å²) < 4.78 is 5.07. The van der Waals surface area contributed by atoms with E-state index in [4.69, 9.17) is 9.84 Å². The van der Waals surface area contributed by atoms with Gasteiger partial charge in [0.15, 0.2) is 0 Å². The topological polar surface area (TPSA) is 84.6 Å². The van der Waals surface area contributed by atoms with Crippen molar-refractivity contribution in [2.75, 3.05) is 20.3 Å². The number of rotatable bonds is 8. The molecule has 0 aliphatic heterocycles. The summed E-state index contributed by atoms with van der Waals surface area (Å²) in [4.78, 5) is 10.3. The van der Waals surface area contributed by atoms with Gasteiger partial charge < -0.3 is 15.2 Å². The third-order valence-electron chi connectivity index (χ3n) is 2.91. The summed E-state index contributed by atoms with van der Waals surface area (Å²) >= 11 is 0. The highest BCUT2D eigenvalue weighted by Crippen LogP contribution is 2.19. The molecule has 106 valence electrons. The largest absolute Gasteiger partial charge is 0.396 e. The number of nitrogens with one attached hydrogen (secondary N) is 1. The molecular weight excluding hydrogens is 248 g/mol. The first kappa shape index (κ1) is 15.6. The lowest BCUT2D eigenvalue weighted by atomic mass is 10.1. The maximum atomic E-state index is 10.7. The van der Waals surface area contributed by atoms with E-state index in [-0.39, 0.29) is 24.4 Å². The van der Waals surface area contributed by atoms with E-state index in [0.29, 0.717) is 13.0 Å². The van der Waals surface area contributed by atoms with Crippen LogP contribution in [0.2, 0.25) is 0 Å². The molecule has 0 heterocycles. The van der Waals surface area contributed by atoms with E-state index >= 15 is 0 Å². The molecule has 0 saturated carbocycles. The van der Waals surface area contributed by atoms with Crippen LogP contribution in [0.3, 0.4) is 0 Å². The summed E-state index contributed by atoms with van der Waals surface area (Å²) in [7, 11) is 1.60. The van der Waals surface area contributed by atoms with Crippen molar-refractivity contribution in [1.82, 2.24) is 5.32 Å². The molecule has 0 fully saturated rings. The Hall–Kier alpha value is -1.50. The normalized spacial score (nSPS) is 14.1. The van der Waals surface area contributed by atoms with Crippen LogP contribution >= 0.6 is 0 Å². The summed E-state index contributed by atoms with van der Waals surface area (Å²) in [6, 6.07) is 6.50. The molecule has 1 rings (SSSR count). The molecule has 0 saturated heterocycles. The molecule has 1 aromatic rings. The van der Waals surface area contributed by atoms with Gasteiger partial charge in [-0.05, 0) is 18.9 Å². The predicted octanol–water partition coefficient (Wildman–Crippen LogP) is 1.64. The molecule has 0 bridgehead atoms. The number of hydrogen-bond donors (Lipinski definition) is 2. The third kappa shape index (κ3) is 4.94. The van der Waals surface area contributed by atoms with E-state index in [1.165, 1.54) is 6.07 Å². The third-order valence-corrected chi connectivity index (χ3v) is 2.91. The van der Waals surface area contributed by atoms with Crippen LogP contribution in [0.5, 0.6) is 0 Å². The van der Waals surface area contributed by atoms with Gasteiger partial charge in [0.2, 0.25) is 0 Å². The first-order chi connectivity index (χ1) is 9.08. The SMILES string of the molecule is COCC(CCO)NC(C)c1cccc([N+](=O)[O-])c1. The number of nitro benzene ring substituents is 1. The van der Waals surface area contributed by atoms with Crippen molar-refractivity contribution in [3.8, 4) is 0 Å². The van der Waals surface area contributed by atoms with Crippen molar-refractivity contribution in [2.45, 2.75) is 25.4 Å². The van der Waals surface area contributed by atoms with Gasteiger partial charge in [-0.25, -0.2) is 0 Å². The number of non-ortho nitro benzene ring substituents is 1. The first-order valence-electron chi connectivity index (χ1n) is 6.18. The number of hydrogen-bond acceptors (Lipinski definition) is 5. The molecule has 0 aliphatic carbocycles. The Labute approximate surface area is 112 Å². The van der Waals surface area contributed by atoms with E-state index in [1.54, 1.807) is 19.2 Å². The van der Waals surface area contributed by atoms with E-state index in [1.807, 2.05) is 13.0 Å². The number of methoxy groups -OCH3 is 1. The highest BCUT2D eigenvalue weighted by molar-refractivity contribution is 5.35. The smallest absolute Gasteiger partial charge is 0.269 e. The van der Waals surface area contributed by atoms with Gasteiger partial charge in [-0.1, -0.05) is 12.1 Å². The molecular formula is C13H20N2O4. The second-order valence-electron chi connectivity index (χ2n) is 4.40. The van der Waals surface area contributed by atoms with E-state index in [0.717, 1.165) is 5.56 Å². The van der Waals surface area contributed by atoms with Gasteiger partial charge in [0.1, 0.15) is 0 Å². The van der Waals surface area contributed by atoms with Crippen molar-refractivity contribution in [3.63, 3.8) is 0 Å². The molecule has 6 heteroatoms. The molecule has 1 aromatic carbocycles. The van der Waals surface area contributed by atoms with Gasteiger partial charge in [0.25, 0.3) is 5.69 Å². The van der Waals surface area contributed by atoms with Crippen LogP contribution in [-0.4, -0.2) is 36.4 Å². The zero-order valence-electron chi connectivity index (χ0n) is 11.2. The lowest BCUT2D eigenvalue weighted by Crippen LogP contribution is -2.36. The fourth-order valence-corrected chi connectivity index (χ4v) is 1.93. The lowest BCUT2D eigenvalue weighted by Gasteiger charge is -2.22. The zero-order chi connectivity index (χ0) is 14.3. The van der Waals surface area contributed by atoms with Gasteiger partial charge in [0.05, 0.1) is 11.5 Å². The van der Waals surface area contributed by atoms with Crippen LogP contribution < -0.4 is 5.32 Å². The van der Waals surface area contributed by atoms with Crippen LogP contribution in [0.1, 0.15) is 24.9 Å². The summed E-state index contributed by atoms with van der Waals surface area (Å²) in [5, 5.41) is 23.0. The molecule has 2 N–H and O–H groups in total. The lowest BCUT2D eigenvalue weighted by molar-refractivity contribution is -0.384. The Kier molecular flexibility index (Phi) is 6.41. The fraction of sp³-hybridized carbons (Fsp3) is 0.538. The average molecular weight is 268 g/mol. The van der Waals surface area contributed by atoms with Crippen molar-refractivity contribution in [2.24, 2.45) is 0 Å². The molecule has 0 radical (unpaired) electrons. The van der Waals surface area contributed by atoms with Crippen LogP contribution in [0, 0.1) is 10.1 Å². The zero-order valence-corrected chi connectivity index (χ0v) is 11.2. The van der Waals surface area contributed by atoms with E-state index in [2.05, 4.69) is 5.32 Å². The molecule has 0 spiro atoms. The minimum absolute atomic E-state index is 0.0178. The molecule has 2 unspecified atom stereocenters. The number of nitro groups is 1. The minimum Gasteiger partial charge on any atom is -0.396 e. The number of benzene rings is 1. The van der Waals surface area contributed by atoms with Crippen LogP contribution in [0.25, 0.3) is 0 Å². The van der Waals surface area contributed by atoms with Gasteiger partial charge in [0, 0.05) is 37.9 Å². The molecule has 19 heavy (non-hydrogen) atoms. The van der Waals surface area contributed by atoms with Crippen molar-refractivity contribution >= 4 is 5.69 Å². The summed E-state index contributed by atoms with van der Waals surface area (Å²) in [5.41, 5.74) is 0.921. The molecule has 0 aromatic heterocycles. The van der Waals surface area contributed by atoms with Crippen LogP contribution in [0.4, 0.5) is 5.69 Å². The standard InChI is InChI=1S/C13H20N2O4/c1-10(14-12(6-7-16)9-19-2)11-4-3-5-13(8-11)15(17)18/h3-5,8,10,12,14,16H,6-7,9H2,1-2H3. The average Bonchev–Trinajstić information content (AvgIpc) is 2.39. The highest BCUT2D eigenvalue weighted by Gasteiger charge is 2.15.